The first-order chi connectivity index (χ1) is 16.9. The summed E-state index contributed by atoms with van der Waals surface area (Å²) in [5.41, 5.74) is 0.988. The molecule has 0 fully saturated rings. The molecule has 4 aromatic rings. The minimum Gasteiger partial charge on any atom is -0.326 e. The van der Waals surface area contributed by atoms with E-state index in [9.17, 15) is 14.4 Å². The van der Waals surface area contributed by atoms with E-state index in [1.54, 1.807) is 36.4 Å². The summed E-state index contributed by atoms with van der Waals surface area (Å²) in [7, 11) is 0. The normalized spacial score (nSPS) is 10.9. The van der Waals surface area contributed by atoms with Crippen molar-refractivity contribution in [3.8, 4) is 0 Å². The molecule has 13 heteroatoms. The zero-order valence-electron chi connectivity index (χ0n) is 18.0. The fraction of sp³-hybridized carbons (Fsp3) is 0.182. The van der Waals surface area contributed by atoms with Crippen LogP contribution in [0.4, 0.5) is 10.8 Å². The molecule has 0 spiro atoms. The summed E-state index contributed by atoms with van der Waals surface area (Å²) in [4.78, 5) is 41.2. The number of aromatic nitrogens is 4. The third-order valence-corrected chi connectivity index (χ3v) is 7.43. The Morgan fingerprint density at radius 2 is 1.80 bits per heavy atom. The Hall–Kier alpha value is -2.99. The lowest BCUT2D eigenvalue weighted by atomic mass is 10.2. The second-order valence-corrected chi connectivity index (χ2v) is 10.3. The molecule has 2 aromatic carbocycles. The van der Waals surface area contributed by atoms with Gasteiger partial charge in [-0.1, -0.05) is 58.4 Å². The van der Waals surface area contributed by atoms with Crippen molar-refractivity contribution in [2.75, 3.05) is 16.4 Å². The summed E-state index contributed by atoms with van der Waals surface area (Å²) < 4.78 is 2.03. The predicted molar refractivity (Wildman–Crippen MR) is 140 cm³/mol. The van der Waals surface area contributed by atoms with Crippen LogP contribution in [0, 0.1) is 0 Å². The number of nitrogens with zero attached hydrogens (tertiary/aromatic N) is 4. The first-order valence-corrected chi connectivity index (χ1v) is 12.9. The van der Waals surface area contributed by atoms with Gasteiger partial charge in [0.1, 0.15) is 0 Å². The SMILES string of the molecule is O=C(CCSc1nnc(NC(=O)CCn2cnc3ccccc3c2=O)s1)Nc1ccc(Cl)c(Cl)c1. The smallest absolute Gasteiger partial charge is 0.261 e. The number of carbonyl (C=O) groups excluding carboxylic acids is 2. The zero-order valence-corrected chi connectivity index (χ0v) is 21.2. The van der Waals surface area contributed by atoms with Crippen LogP contribution >= 0.6 is 46.3 Å². The van der Waals surface area contributed by atoms with Gasteiger partial charge in [0, 0.05) is 30.8 Å². The quantitative estimate of drug-likeness (QED) is 0.229. The molecule has 2 heterocycles. The van der Waals surface area contributed by atoms with E-state index in [1.807, 2.05) is 6.07 Å². The van der Waals surface area contributed by atoms with Gasteiger partial charge in [-0.15, -0.1) is 10.2 Å². The molecule has 0 saturated heterocycles. The molecule has 0 saturated carbocycles. The molecular weight excluding hydrogens is 531 g/mol. The van der Waals surface area contributed by atoms with E-state index in [4.69, 9.17) is 23.2 Å². The Morgan fingerprint density at radius 3 is 2.63 bits per heavy atom. The van der Waals surface area contributed by atoms with Crippen molar-refractivity contribution in [1.29, 1.82) is 0 Å². The van der Waals surface area contributed by atoms with E-state index in [0.717, 1.165) is 0 Å². The zero-order chi connectivity index (χ0) is 24.8. The highest BCUT2D eigenvalue weighted by atomic mass is 35.5. The van der Waals surface area contributed by atoms with Gasteiger partial charge < -0.3 is 10.6 Å². The number of hydrogen-bond acceptors (Lipinski definition) is 8. The molecule has 9 nitrogen and oxygen atoms in total. The second-order valence-electron chi connectivity index (χ2n) is 7.21. The maximum absolute atomic E-state index is 12.5. The Morgan fingerprint density at radius 1 is 1.00 bits per heavy atom. The van der Waals surface area contributed by atoms with Crippen LogP contribution in [0.25, 0.3) is 10.9 Å². The Kier molecular flexibility index (Phi) is 8.34. The molecule has 0 atom stereocenters. The Balaban J connectivity index is 1.22. The van der Waals surface area contributed by atoms with Gasteiger partial charge in [0.05, 0.1) is 27.3 Å². The number of hydrogen-bond donors (Lipinski definition) is 2. The summed E-state index contributed by atoms with van der Waals surface area (Å²) in [6.07, 6.45) is 1.77. The minimum atomic E-state index is -0.293. The van der Waals surface area contributed by atoms with Gasteiger partial charge in [-0.05, 0) is 30.3 Å². The number of para-hydroxylation sites is 1. The molecule has 35 heavy (non-hydrogen) atoms. The number of anilines is 2. The molecule has 4 rings (SSSR count). The molecule has 0 aliphatic heterocycles. The fourth-order valence-electron chi connectivity index (χ4n) is 3.02. The second kappa shape index (κ2) is 11.6. The summed E-state index contributed by atoms with van der Waals surface area (Å²) in [6.45, 7) is 0.191. The molecule has 0 aliphatic carbocycles. The molecule has 180 valence electrons. The highest BCUT2D eigenvalue weighted by Gasteiger charge is 2.11. The maximum atomic E-state index is 12.5. The number of thioether (sulfide) groups is 1. The van der Waals surface area contributed by atoms with Crippen LogP contribution < -0.4 is 16.2 Å². The lowest BCUT2D eigenvalue weighted by Gasteiger charge is -2.06. The van der Waals surface area contributed by atoms with Crippen molar-refractivity contribution in [2.45, 2.75) is 23.7 Å². The van der Waals surface area contributed by atoms with Crippen LogP contribution in [0.1, 0.15) is 12.8 Å². The van der Waals surface area contributed by atoms with Gasteiger partial charge in [-0.25, -0.2) is 4.98 Å². The standard InChI is InChI=1S/C22H18Cl2N6O3S2/c23-15-6-5-13(11-16(15)24)26-19(32)8-10-34-22-29-28-21(35-22)27-18(31)7-9-30-12-25-17-4-2-1-3-14(17)20(30)33/h1-6,11-12H,7-10H2,(H,26,32)(H,27,28,31). The number of nitrogens with one attached hydrogen (secondary N) is 2. The van der Waals surface area contributed by atoms with Crippen molar-refractivity contribution in [2.24, 2.45) is 0 Å². The Bertz CT molecular complexity index is 1440. The molecule has 0 unspecified atom stereocenters. The van der Waals surface area contributed by atoms with Gasteiger partial charge in [-0.2, -0.15) is 0 Å². The maximum Gasteiger partial charge on any atom is 0.261 e. The number of amides is 2. The first-order valence-electron chi connectivity index (χ1n) is 10.3. The third-order valence-electron chi connectivity index (χ3n) is 4.72. The predicted octanol–water partition coefficient (Wildman–Crippen LogP) is 4.70. The van der Waals surface area contributed by atoms with Crippen LogP contribution in [0.15, 0.2) is 57.9 Å². The van der Waals surface area contributed by atoms with E-state index in [2.05, 4.69) is 25.8 Å². The molecule has 2 aromatic heterocycles. The van der Waals surface area contributed by atoms with Crippen molar-refractivity contribution in [3.63, 3.8) is 0 Å². The van der Waals surface area contributed by atoms with Crippen LogP contribution in [0.2, 0.25) is 10.0 Å². The van der Waals surface area contributed by atoms with Gasteiger partial charge in [0.15, 0.2) is 4.34 Å². The van der Waals surface area contributed by atoms with Gasteiger partial charge in [0.25, 0.3) is 5.56 Å². The van der Waals surface area contributed by atoms with Gasteiger partial charge >= 0.3 is 0 Å². The number of fused-ring (bicyclic) bond motifs is 1. The Labute approximate surface area is 217 Å². The van der Waals surface area contributed by atoms with E-state index in [-0.39, 0.29) is 36.8 Å². The van der Waals surface area contributed by atoms with Crippen molar-refractivity contribution >= 4 is 79.8 Å². The number of halogens is 2. The van der Waals surface area contributed by atoms with Crippen molar-refractivity contribution < 1.29 is 9.59 Å². The third kappa shape index (κ3) is 6.79. The highest BCUT2D eigenvalue weighted by Crippen LogP contribution is 2.27. The summed E-state index contributed by atoms with van der Waals surface area (Å²) in [5, 5.41) is 15.1. The molecule has 2 amide bonds. The topological polar surface area (TPSA) is 119 Å². The summed E-state index contributed by atoms with van der Waals surface area (Å²) in [6, 6.07) is 11.9. The van der Waals surface area contributed by atoms with E-state index >= 15 is 0 Å². The van der Waals surface area contributed by atoms with E-state index < -0.39 is 0 Å². The molecule has 0 bridgehead atoms. The van der Waals surface area contributed by atoms with Crippen LogP contribution in [0.5, 0.6) is 0 Å². The first kappa shape index (κ1) is 25.1. The molecular formula is C22H18Cl2N6O3S2. The van der Waals surface area contributed by atoms with Crippen molar-refractivity contribution in [3.05, 3.63) is 69.2 Å². The fourth-order valence-corrected chi connectivity index (χ4v) is 5.09. The highest BCUT2D eigenvalue weighted by molar-refractivity contribution is 8.01. The lowest BCUT2D eigenvalue weighted by molar-refractivity contribution is -0.117. The lowest BCUT2D eigenvalue weighted by Crippen LogP contribution is -2.23. The largest absolute Gasteiger partial charge is 0.326 e. The average molecular weight is 549 g/mol. The van der Waals surface area contributed by atoms with Gasteiger partial charge in [-0.3, -0.25) is 19.0 Å². The number of rotatable bonds is 9. The van der Waals surface area contributed by atoms with Crippen LogP contribution in [0.3, 0.4) is 0 Å². The summed E-state index contributed by atoms with van der Waals surface area (Å²) in [5.74, 6) is 0.0132. The van der Waals surface area contributed by atoms with Crippen LogP contribution in [-0.4, -0.2) is 37.3 Å². The van der Waals surface area contributed by atoms with E-state index in [1.165, 1.54) is 34.0 Å². The number of aryl methyl sites for hydroxylation is 1. The molecule has 2 N–H and O–H groups in total. The monoisotopic (exact) mass is 548 g/mol. The van der Waals surface area contributed by atoms with Gasteiger partial charge in [0.2, 0.25) is 16.9 Å². The minimum absolute atomic E-state index is 0.0802. The summed E-state index contributed by atoms with van der Waals surface area (Å²) >= 11 is 14.4. The number of carbonyl (C=O) groups is 2. The van der Waals surface area contributed by atoms with Crippen LogP contribution in [-0.2, 0) is 16.1 Å². The molecule has 0 radical (unpaired) electrons. The average Bonchev–Trinajstić information content (AvgIpc) is 3.28. The molecule has 0 aliphatic rings. The van der Waals surface area contributed by atoms with E-state index in [0.29, 0.717) is 41.9 Å². The number of benzene rings is 2. The van der Waals surface area contributed by atoms with Crippen molar-refractivity contribution in [1.82, 2.24) is 19.7 Å².